The molecule has 1 fully saturated rings. The highest BCUT2D eigenvalue weighted by Crippen LogP contribution is 2.63. The van der Waals surface area contributed by atoms with Crippen molar-refractivity contribution in [3.8, 4) is 0 Å². The molecule has 1 N–H and O–H groups in total. The molecule has 1 saturated heterocycles. The van der Waals surface area contributed by atoms with Crippen LogP contribution in [-0.4, -0.2) is 47.2 Å². The molecule has 0 radical (unpaired) electrons. The molecule has 2 atom stereocenters. The molecule has 0 spiro atoms. The van der Waals surface area contributed by atoms with Crippen molar-refractivity contribution in [2.45, 2.75) is 97.4 Å². The van der Waals surface area contributed by atoms with E-state index >= 15 is 0 Å². The second-order valence-corrected chi connectivity index (χ2v) is 12.4. The van der Waals surface area contributed by atoms with Crippen LogP contribution in [0.15, 0.2) is 30.3 Å². The van der Waals surface area contributed by atoms with Crippen LogP contribution in [0.2, 0.25) is 0 Å². The van der Waals surface area contributed by atoms with Crippen LogP contribution in [-0.2, 0) is 18.3 Å². The normalized spacial score (nSPS) is 21.1. The Morgan fingerprint density at radius 2 is 1.62 bits per heavy atom. The molecule has 0 aromatic heterocycles. The van der Waals surface area contributed by atoms with Crippen molar-refractivity contribution >= 4 is 13.7 Å². The highest BCUT2D eigenvalue weighted by Gasteiger charge is 2.55. The summed E-state index contributed by atoms with van der Waals surface area (Å²) in [6, 6.07) is 9.83. The second kappa shape index (κ2) is 10.7. The van der Waals surface area contributed by atoms with E-state index in [4.69, 9.17) is 13.8 Å². The van der Waals surface area contributed by atoms with Gasteiger partial charge in [0.2, 0.25) is 0 Å². The van der Waals surface area contributed by atoms with Crippen molar-refractivity contribution in [1.82, 2.24) is 10.2 Å². The van der Waals surface area contributed by atoms with E-state index in [2.05, 4.69) is 5.32 Å². The molecule has 0 bridgehead atoms. The number of piperidine rings is 1. The molecular weight excluding hydrogens is 427 g/mol. The SMILES string of the molecule is CC(C)OP(=O)(OC(C)C)C1(N[C@@H](C)c2ccccc2)CCCN(C(=O)OC(C)(C)C)C1. The molecule has 1 aliphatic rings. The smallest absolute Gasteiger partial charge is 0.410 e. The molecule has 8 heteroatoms. The first-order chi connectivity index (χ1) is 14.8. The maximum absolute atomic E-state index is 14.4. The van der Waals surface area contributed by atoms with Crippen LogP contribution in [0.1, 0.15) is 79.8 Å². The van der Waals surface area contributed by atoms with Crippen molar-refractivity contribution in [1.29, 1.82) is 0 Å². The first-order valence-corrected chi connectivity index (χ1v) is 13.1. The van der Waals surface area contributed by atoms with Gasteiger partial charge in [0.25, 0.3) is 0 Å². The quantitative estimate of drug-likeness (QED) is 0.464. The van der Waals surface area contributed by atoms with E-state index in [9.17, 15) is 9.36 Å². The van der Waals surface area contributed by atoms with Crippen LogP contribution < -0.4 is 5.32 Å². The number of rotatable bonds is 8. The van der Waals surface area contributed by atoms with E-state index in [0.29, 0.717) is 19.4 Å². The third-order valence-corrected chi connectivity index (χ3v) is 8.07. The summed E-state index contributed by atoms with van der Waals surface area (Å²) in [5.74, 6) is 0. The zero-order chi connectivity index (χ0) is 24.2. The maximum Gasteiger partial charge on any atom is 0.410 e. The number of nitrogens with zero attached hydrogens (tertiary/aromatic N) is 1. The largest absolute Gasteiger partial charge is 0.444 e. The zero-order valence-corrected chi connectivity index (χ0v) is 21.8. The molecule has 2 rings (SSSR count). The summed E-state index contributed by atoms with van der Waals surface area (Å²) in [4.78, 5) is 14.6. The van der Waals surface area contributed by atoms with E-state index in [1.54, 1.807) is 4.90 Å². The Hall–Kier alpha value is -1.40. The van der Waals surface area contributed by atoms with Crippen LogP contribution in [0.3, 0.4) is 0 Å². The lowest BCUT2D eigenvalue weighted by Gasteiger charge is -2.48. The van der Waals surface area contributed by atoms with Crippen molar-refractivity contribution in [3.63, 3.8) is 0 Å². The summed E-state index contributed by atoms with van der Waals surface area (Å²) in [7, 11) is -3.70. The minimum atomic E-state index is -3.70. The van der Waals surface area contributed by atoms with E-state index in [1.165, 1.54) is 0 Å². The molecule has 1 unspecified atom stereocenters. The van der Waals surface area contributed by atoms with Crippen molar-refractivity contribution < 1.29 is 23.1 Å². The molecule has 1 heterocycles. The minimum Gasteiger partial charge on any atom is -0.444 e. The molecule has 1 aromatic rings. The van der Waals surface area contributed by atoms with Gasteiger partial charge in [-0.05, 0) is 73.8 Å². The molecular formula is C24H41N2O5P. The van der Waals surface area contributed by atoms with E-state index in [1.807, 2.05) is 85.7 Å². The van der Waals surface area contributed by atoms with Crippen LogP contribution >= 0.6 is 7.60 Å². The second-order valence-electron chi connectivity index (χ2n) is 10.1. The number of hydrogen-bond donors (Lipinski definition) is 1. The van der Waals surface area contributed by atoms with Gasteiger partial charge < -0.3 is 18.7 Å². The highest BCUT2D eigenvalue weighted by atomic mass is 31.2. The van der Waals surface area contributed by atoms with Gasteiger partial charge in [0.1, 0.15) is 10.9 Å². The molecule has 1 aromatic carbocycles. The lowest BCUT2D eigenvalue weighted by molar-refractivity contribution is 0.0122. The number of hydrogen-bond acceptors (Lipinski definition) is 6. The summed E-state index contributed by atoms with van der Waals surface area (Å²) >= 11 is 0. The lowest BCUT2D eigenvalue weighted by Crippen LogP contribution is -2.59. The van der Waals surface area contributed by atoms with Crippen LogP contribution in [0.4, 0.5) is 4.79 Å². The van der Waals surface area contributed by atoms with Crippen LogP contribution in [0.25, 0.3) is 0 Å². The lowest BCUT2D eigenvalue weighted by atomic mass is 10.0. The Morgan fingerprint density at radius 1 is 1.06 bits per heavy atom. The fourth-order valence-electron chi connectivity index (χ4n) is 3.95. The van der Waals surface area contributed by atoms with E-state index in [-0.39, 0.29) is 24.8 Å². The third kappa shape index (κ3) is 7.05. The number of ether oxygens (including phenoxy) is 1. The predicted octanol–water partition coefficient (Wildman–Crippen LogP) is 6.11. The van der Waals surface area contributed by atoms with Gasteiger partial charge in [-0.2, -0.15) is 0 Å². The van der Waals surface area contributed by atoms with E-state index in [0.717, 1.165) is 5.56 Å². The van der Waals surface area contributed by atoms with E-state index < -0.39 is 24.6 Å². The summed E-state index contributed by atoms with van der Waals surface area (Å²) in [6.07, 6.45) is 0.182. The molecule has 7 nitrogen and oxygen atoms in total. The summed E-state index contributed by atoms with van der Waals surface area (Å²) in [5.41, 5.74) is 0.441. The van der Waals surface area contributed by atoms with Gasteiger partial charge in [-0.1, -0.05) is 30.3 Å². The number of benzene rings is 1. The maximum atomic E-state index is 14.4. The highest BCUT2D eigenvalue weighted by molar-refractivity contribution is 7.55. The fraction of sp³-hybridized carbons (Fsp3) is 0.708. The fourth-order valence-corrected chi connectivity index (χ4v) is 6.64. The third-order valence-electron chi connectivity index (χ3n) is 5.13. The molecule has 0 saturated carbocycles. The van der Waals surface area contributed by atoms with Crippen molar-refractivity contribution in [3.05, 3.63) is 35.9 Å². The Morgan fingerprint density at radius 3 is 2.12 bits per heavy atom. The summed E-state index contributed by atoms with van der Waals surface area (Å²) in [5, 5.41) is 2.52. The Balaban J connectivity index is 2.47. The average Bonchev–Trinajstić information content (AvgIpc) is 2.66. The average molecular weight is 469 g/mol. The molecule has 32 heavy (non-hydrogen) atoms. The number of carbonyl (C=O) groups is 1. The zero-order valence-electron chi connectivity index (χ0n) is 20.9. The minimum absolute atomic E-state index is 0.130. The molecule has 0 aliphatic carbocycles. The Labute approximate surface area is 193 Å². The summed E-state index contributed by atoms with van der Waals surface area (Å²) < 4.78 is 32.2. The molecule has 182 valence electrons. The number of carbonyl (C=O) groups excluding carboxylic acids is 1. The monoisotopic (exact) mass is 468 g/mol. The van der Waals surface area contributed by atoms with Crippen molar-refractivity contribution in [2.75, 3.05) is 13.1 Å². The number of nitrogens with one attached hydrogen (secondary N) is 1. The van der Waals surface area contributed by atoms with Gasteiger partial charge in [0.05, 0.1) is 18.8 Å². The van der Waals surface area contributed by atoms with Gasteiger partial charge in [-0.3, -0.25) is 9.88 Å². The van der Waals surface area contributed by atoms with Crippen LogP contribution in [0, 0.1) is 0 Å². The topological polar surface area (TPSA) is 77.1 Å². The predicted molar refractivity (Wildman–Crippen MR) is 128 cm³/mol. The van der Waals surface area contributed by atoms with Gasteiger partial charge in [0.15, 0.2) is 0 Å². The Kier molecular flexibility index (Phi) is 8.97. The van der Waals surface area contributed by atoms with Gasteiger partial charge in [-0.25, -0.2) is 4.79 Å². The number of amides is 1. The summed E-state index contributed by atoms with van der Waals surface area (Å²) in [6.45, 7) is 15.6. The van der Waals surface area contributed by atoms with Gasteiger partial charge >= 0.3 is 13.7 Å². The molecule has 1 aliphatic heterocycles. The van der Waals surface area contributed by atoms with Gasteiger partial charge in [0, 0.05) is 12.6 Å². The number of likely N-dealkylation sites (tertiary alicyclic amines) is 1. The van der Waals surface area contributed by atoms with Gasteiger partial charge in [-0.15, -0.1) is 0 Å². The standard InChI is InChI=1S/C24H41N2O5P/c1-18(2)30-32(28,31-19(3)4)24(25-20(5)21-13-10-9-11-14-21)15-12-16-26(17-24)22(27)29-23(6,7)8/h9-11,13-14,18-20,25H,12,15-17H2,1-8H3/t20-,24?/m0/s1. The van der Waals surface area contributed by atoms with Crippen molar-refractivity contribution in [2.24, 2.45) is 0 Å². The first-order valence-electron chi connectivity index (χ1n) is 11.5. The van der Waals surface area contributed by atoms with Crippen LogP contribution in [0.5, 0.6) is 0 Å². The Bertz CT molecular complexity index is 779. The molecule has 1 amide bonds. The first kappa shape index (κ1) is 26.8.